The van der Waals surface area contributed by atoms with E-state index in [2.05, 4.69) is 38.7 Å². The number of unbranched alkanes of at least 4 members (excludes halogenated alkanes) is 9. The summed E-state index contributed by atoms with van der Waals surface area (Å²) in [6.07, 6.45) is 16.9. The molecule has 0 rings (SSSR count). The fraction of sp³-hybridized carbons (Fsp3) is 0.895. The van der Waals surface area contributed by atoms with Crippen LogP contribution in [0.2, 0.25) is 15.8 Å². The second kappa shape index (κ2) is 14.2. The Balaban J connectivity index is 3.47. The van der Waals surface area contributed by atoms with Gasteiger partial charge in [0.05, 0.1) is 0 Å². The van der Waals surface area contributed by atoms with Crippen LogP contribution in [-0.2, 0) is 0 Å². The Morgan fingerprint density at radius 2 is 1.05 bits per heavy atom. The zero-order chi connectivity index (χ0) is 15.1. The van der Waals surface area contributed by atoms with Crippen molar-refractivity contribution in [1.29, 1.82) is 0 Å². The van der Waals surface area contributed by atoms with Crippen LogP contribution in [0.4, 0.5) is 0 Å². The zero-order valence-electron chi connectivity index (χ0n) is 14.8. The molecule has 0 fully saturated rings. The second-order valence-electron chi connectivity index (χ2n) is 6.44. The van der Waals surface area contributed by atoms with E-state index in [0.717, 1.165) is 0 Å². The molecule has 0 nitrogen and oxygen atoms in total. The quantitative estimate of drug-likeness (QED) is 0.226. The molecule has 0 aliphatic heterocycles. The maximum absolute atomic E-state index is 2.70. The van der Waals surface area contributed by atoms with Crippen LogP contribution < -0.4 is 0 Å². The van der Waals surface area contributed by atoms with Crippen molar-refractivity contribution in [1.82, 2.24) is 0 Å². The summed E-state index contributed by atoms with van der Waals surface area (Å²) in [5, 5.41) is 4.42. The monoisotopic (exact) mass is 342 g/mol. The van der Waals surface area contributed by atoms with Crippen molar-refractivity contribution in [2.24, 2.45) is 0 Å². The average Bonchev–Trinajstić information content (AvgIpc) is 2.49. The van der Waals surface area contributed by atoms with Gasteiger partial charge in [-0.3, -0.25) is 0 Å². The van der Waals surface area contributed by atoms with Gasteiger partial charge in [-0.2, -0.15) is 0 Å². The topological polar surface area (TPSA) is 0 Å². The number of hydrogen-bond acceptors (Lipinski definition) is 0. The molecule has 0 aliphatic carbocycles. The molecule has 0 saturated heterocycles. The summed E-state index contributed by atoms with van der Waals surface area (Å²) in [5.74, 6) is 0. The van der Waals surface area contributed by atoms with Gasteiger partial charge in [-0.25, -0.2) is 0 Å². The predicted octanol–water partition coefficient (Wildman–Crippen LogP) is 7.51. The first-order valence-electron chi connectivity index (χ1n) is 9.42. The first-order chi connectivity index (χ1) is 9.74. The molecular formula is C19H40Ge. The van der Waals surface area contributed by atoms with Gasteiger partial charge >= 0.3 is 125 Å². The summed E-state index contributed by atoms with van der Waals surface area (Å²) < 4.78 is 0. The molecule has 0 amide bonds. The molecule has 0 N–H and O–H groups in total. The van der Waals surface area contributed by atoms with Gasteiger partial charge in [0.2, 0.25) is 0 Å². The standard InChI is InChI=1S/C19H40Ge/c1-5-9-10-11-12-13-14-15-16-17-18-19-20(6-2,7-3)8-4/h18-19H,5-17H2,1-4H3/b19-18+. The minimum absolute atomic E-state index is 1.34. The molecule has 1 heteroatoms. The first-order valence-corrected chi connectivity index (χ1v) is 15.1. The van der Waals surface area contributed by atoms with E-state index in [4.69, 9.17) is 0 Å². The molecule has 0 saturated carbocycles. The molecule has 0 radical (unpaired) electrons. The molecule has 0 heterocycles. The van der Waals surface area contributed by atoms with E-state index in [1.54, 1.807) is 0 Å². The Labute approximate surface area is 132 Å². The van der Waals surface area contributed by atoms with Crippen molar-refractivity contribution in [3.63, 3.8) is 0 Å². The zero-order valence-corrected chi connectivity index (χ0v) is 16.9. The van der Waals surface area contributed by atoms with Crippen LogP contribution in [0.25, 0.3) is 0 Å². The van der Waals surface area contributed by atoms with Gasteiger partial charge in [-0.05, 0) is 0 Å². The molecule has 0 bridgehead atoms. The fourth-order valence-corrected chi connectivity index (χ4v) is 9.04. The van der Waals surface area contributed by atoms with Gasteiger partial charge in [0.15, 0.2) is 0 Å². The molecule has 0 aliphatic rings. The number of hydrogen-bond donors (Lipinski definition) is 0. The van der Waals surface area contributed by atoms with Gasteiger partial charge < -0.3 is 0 Å². The Morgan fingerprint density at radius 3 is 1.50 bits per heavy atom. The van der Waals surface area contributed by atoms with Gasteiger partial charge in [0.25, 0.3) is 0 Å². The first kappa shape index (κ1) is 20.3. The molecule has 120 valence electrons. The van der Waals surface area contributed by atoms with E-state index in [1.807, 2.05) is 0 Å². The van der Waals surface area contributed by atoms with Gasteiger partial charge in [-0.1, -0.05) is 6.92 Å². The average molecular weight is 341 g/mol. The Bertz CT molecular complexity index is 208. The second-order valence-corrected chi connectivity index (χ2v) is 17.3. The third-order valence-corrected chi connectivity index (χ3v) is 15.9. The minimum atomic E-state index is -1.51. The van der Waals surface area contributed by atoms with Crippen LogP contribution in [0, 0.1) is 0 Å². The van der Waals surface area contributed by atoms with Crippen LogP contribution in [-0.4, -0.2) is 13.3 Å². The Hall–Kier alpha value is 0.283. The fourth-order valence-electron chi connectivity index (χ4n) is 3.01. The SMILES string of the molecule is CCCCCCCCCCC/C=[CH]/[Ge]([CH2]C)([CH2]C)[CH2]C. The summed E-state index contributed by atoms with van der Waals surface area (Å²) in [6.45, 7) is 9.53. The van der Waals surface area contributed by atoms with Gasteiger partial charge in [0.1, 0.15) is 0 Å². The summed E-state index contributed by atoms with van der Waals surface area (Å²) in [4.78, 5) is 2.70. The molecule has 0 spiro atoms. The molecule has 0 aromatic carbocycles. The van der Waals surface area contributed by atoms with Gasteiger partial charge in [0, 0.05) is 0 Å². The third kappa shape index (κ3) is 10.1. The summed E-state index contributed by atoms with van der Waals surface area (Å²) in [5.41, 5.74) is 0. The molecule has 20 heavy (non-hydrogen) atoms. The summed E-state index contributed by atoms with van der Waals surface area (Å²) >= 11 is -1.51. The van der Waals surface area contributed by atoms with Crippen molar-refractivity contribution >= 4 is 13.3 Å². The van der Waals surface area contributed by atoms with Gasteiger partial charge in [-0.15, -0.1) is 0 Å². The van der Waals surface area contributed by atoms with Crippen LogP contribution in [0.5, 0.6) is 0 Å². The normalized spacial score (nSPS) is 12.4. The molecule has 0 aromatic rings. The van der Waals surface area contributed by atoms with Crippen LogP contribution in [0.15, 0.2) is 11.0 Å². The summed E-state index contributed by atoms with van der Waals surface area (Å²) in [7, 11) is 0. The van der Waals surface area contributed by atoms with Crippen molar-refractivity contribution in [3.8, 4) is 0 Å². The number of rotatable bonds is 14. The Kier molecular flexibility index (Phi) is 14.4. The van der Waals surface area contributed by atoms with E-state index >= 15 is 0 Å². The van der Waals surface area contributed by atoms with Crippen molar-refractivity contribution in [3.05, 3.63) is 11.0 Å². The van der Waals surface area contributed by atoms with Crippen molar-refractivity contribution in [2.45, 2.75) is 108 Å². The number of allylic oxidation sites excluding steroid dienone is 1. The predicted molar refractivity (Wildman–Crippen MR) is 98.2 cm³/mol. The molecule has 0 unspecified atom stereocenters. The molecular weight excluding hydrogens is 301 g/mol. The summed E-state index contributed by atoms with van der Waals surface area (Å²) in [6, 6.07) is 0. The van der Waals surface area contributed by atoms with E-state index < -0.39 is 13.3 Å². The molecule has 0 atom stereocenters. The van der Waals surface area contributed by atoms with E-state index in [1.165, 1.54) is 80.0 Å². The Morgan fingerprint density at radius 1 is 0.600 bits per heavy atom. The van der Waals surface area contributed by atoms with Crippen LogP contribution in [0.1, 0.15) is 91.9 Å². The maximum atomic E-state index is 2.70. The van der Waals surface area contributed by atoms with E-state index in [9.17, 15) is 0 Å². The molecule has 0 aromatic heterocycles. The van der Waals surface area contributed by atoms with Crippen LogP contribution in [0.3, 0.4) is 0 Å². The van der Waals surface area contributed by atoms with Crippen LogP contribution >= 0.6 is 0 Å². The van der Waals surface area contributed by atoms with Crippen molar-refractivity contribution in [2.75, 3.05) is 0 Å². The third-order valence-electron chi connectivity index (χ3n) is 5.06. The van der Waals surface area contributed by atoms with E-state index in [-0.39, 0.29) is 0 Å². The van der Waals surface area contributed by atoms with Crippen molar-refractivity contribution < 1.29 is 0 Å². The van der Waals surface area contributed by atoms with E-state index in [0.29, 0.717) is 0 Å².